The van der Waals surface area contributed by atoms with Crippen molar-refractivity contribution in [3.05, 3.63) is 39.2 Å². The largest absolute Gasteiger partial charge is 0.465 e. The lowest BCUT2D eigenvalue weighted by Crippen LogP contribution is -2.14. The second-order valence-electron chi connectivity index (χ2n) is 4.95. The number of aryl methyl sites for hydroxylation is 1. The Labute approximate surface area is 149 Å². The number of nitrogens with one attached hydrogen (secondary N) is 1. The van der Waals surface area contributed by atoms with Crippen molar-refractivity contribution >= 4 is 60.9 Å². The molecule has 0 spiro atoms. The number of hydrogen-bond donors (Lipinski definition) is 2. The number of thiophene rings is 1. The van der Waals surface area contributed by atoms with Crippen LogP contribution in [0.5, 0.6) is 0 Å². The Balaban J connectivity index is 2.08. The summed E-state index contributed by atoms with van der Waals surface area (Å²) in [6.45, 7) is 0. The van der Waals surface area contributed by atoms with Crippen LogP contribution in [0.4, 0.5) is 11.5 Å². The van der Waals surface area contributed by atoms with Gasteiger partial charge >= 0.3 is 5.97 Å². The molecule has 9 heteroatoms. The summed E-state index contributed by atoms with van der Waals surface area (Å²) in [7, 11) is 3.01. The van der Waals surface area contributed by atoms with Gasteiger partial charge in [-0.15, -0.1) is 11.3 Å². The number of nitrogen functional groups attached to an aromatic ring is 1. The second-order valence-corrected chi connectivity index (χ2v) is 6.86. The molecule has 124 valence electrons. The fraction of sp³-hybridized carbons (Fsp3) is 0.133. The second kappa shape index (κ2) is 6.25. The van der Waals surface area contributed by atoms with E-state index in [1.54, 1.807) is 36.0 Å². The quantitative estimate of drug-likeness (QED) is 0.648. The number of esters is 1. The molecule has 0 unspecified atom stereocenters. The van der Waals surface area contributed by atoms with Crippen molar-refractivity contribution in [2.24, 2.45) is 7.05 Å². The molecule has 0 aliphatic carbocycles. The van der Waals surface area contributed by atoms with Gasteiger partial charge < -0.3 is 15.8 Å². The van der Waals surface area contributed by atoms with E-state index in [-0.39, 0.29) is 16.6 Å². The smallest absolute Gasteiger partial charge is 0.350 e. The molecule has 0 atom stereocenters. The maximum atomic E-state index is 12.5. The number of benzene rings is 1. The predicted octanol–water partition coefficient (Wildman–Crippen LogP) is 3.02. The number of amides is 1. The van der Waals surface area contributed by atoms with Crippen LogP contribution < -0.4 is 11.1 Å². The maximum absolute atomic E-state index is 12.5. The Kier molecular flexibility index (Phi) is 4.29. The van der Waals surface area contributed by atoms with Gasteiger partial charge in [0.2, 0.25) is 0 Å². The molecule has 0 saturated heterocycles. The molecule has 1 amide bonds. The van der Waals surface area contributed by atoms with Crippen LogP contribution in [0.3, 0.4) is 0 Å². The minimum atomic E-state index is -0.540. The number of nitrogens with two attached hydrogens (primary N) is 1. The van der Waals surface area contributed by atoms with E-state index >= 15 is 0 Å². The van der Waals surface area contributed by atoms with Gasteiger partial charge in [-0.3, -0.25) is 9.48 Å². The van der Waals surface area contributed by atoms with Crippen molar-refractivity contribution in [1.82, 2.24) is 9.78 Å². The summed E-state index contributed by atoms with van der Waals surface area (Å²) in [6.07, 6.45) is 0. The summed E-state index contributed by atoms with van der Waals surface area (Å²) < 4.78 is 7.23. The lowest BCUT2D eigenvalue weighted by atomic mass is 10.2. The molecule has 7 nitrogen and oxygen atoms in total. The van der Waals surface area contributed by atoms with Crippen LogP contribution in [-0.2, 0) is 11.8 Å². The minimum Gasteiger partial charge on any atom is -0.465 e. The van der Waals surface area contributed by atoms with E-state index in [0.29, 0.717) is 21.5 Å². The zero-order valence-corrected chi connectivity index (χ0v) is 15.2. The first-order chi connectivity index (χ1) is 11.4. The lowest BCUT2D eigenvalue weighted by Gasteiger charge is -2.06. The first kappa shape index (κ1) is 16.5. The van der Waals surface area contributed by atoms with E-state index in [1.807, 2.05) is 0 Å². The van der Waals surface area contributed by atoms with E-state index in [4.69, 9.17) is 10.5 Å². The number of halogens is 1. The van der Waals surface area contributed by atoms with E-state index in [9.17, 15) is 9.59 Å². The van der Waals surface area contributed by atoms with Crippen LogP contribution >= 0.6 is 27.3 Å². The molecule has 3 rings (SSSR count). The Morgan fingerprint density at radius 3 is 2.62 bits per heavy atom. The Morgan fingerprint density at radius 2 is 2.00 bits per heavy atom. The monoisotopic (exact) mass is 408 g/mol. The van der Waals surface area contributed by atoms with Gasteiger partial charge in [-0.1, -0.05) is 15.9 Å². The normalized spacial score (nSPS) is 10.8. The summed E-state index contributed by atoms with van der Waals surface area (Å²) in [5, 5.41) is 7.42. The number of nitrogens with zero attached hydrogens (tertiary/aromatic N) is 2. The highest BCUT2D eigenvalue weighted by molar-refractivity contribution is 9.10. The number of rotatable bonds is 3. The standard InChI is InChI=1S/C15H13BrN4O3S/c1-20-14-9(12(17)19-20)10(11(24-14)15(22)23-2)18-13(21)7-3-5-8(16)6-4-7/h3-6H,1-2H3,(H2,17,19)(H,18,21). The van der Waals surface area contributed by atoms with Crippen molar-refractivity contribution in [2.45, 2.75) is 0 Å². The summed E-state index contributed by atoms with van der Waals surface area (Å²) in [5.74, 6) is -0.651. The number of fused-ring (bicyclic) bond motifs is 1. The average Bonchev–Trinajstić information content (AvgIpc) is 3.06. The third kappa shape index (κ3) is 2.76. The highest BCUT2D eigenvalue weighted by Crippen LogP contribution is 2.39. The topological polar surface area (TPSA) is 99.2 Å². The number of methoxy groups -OCH3 is 1. The number of aromatic nitrogens is 2. The molecular formula is C15H13BrN4O3S. The number of ether oxygens (including phenoxy) is 1. The molecule has 1 aromatic carbocycles. The van der Waals surface area contributed by atoms with Gasteiger partial charge in [-0.2, -0.15) is 5.10 Å². The van der Waals surface area contributed by atoms with Gasteiger partial charge in [0, 0.05) is 17.1 Å². The van der Waals surface area contributed by atoms with Gasteiger partial charge in [0.25, 0.3) is 5.91 Å². The number of carbonyl (C=O) groups is 2. The molecule has 3 N–H and O–H groups in total. The number of anilines is 2. The Hall–Kier alpha value is -2.39. The van der Waals surface area contributed by atoms with E-state index in [0.717, 1.165) is 4.47 Å². The predicted molar refractivity (Wildman–Crippen MR) is 96.4 cm³/mol. The van der Waals surface area contributed by atoms with E-state index in [2.05, 4.69) is 26.3 Å². The Bertz CT molecular complexity index is 946. The molecule has 2 heterocycles. The first-order valence-electron chi connectivity index (χ1n) is 6.82. The summed E-state index contributed by atoms with van der Waals surface area (Å²) in [5.41, 5.74) is 6.71. The Morgan fingerprint density at radius 1 is 1.33 bits per heavy atom. The number of hydrogen-bond acceptors (Lipinski definition) is 6. The van der Waals surface area contributed by atoms with Crippen LogP contribution in [-0.4, -0.2) is 28.8 Å². The van der Waals surface area contributed by atoms with Crippen LogP contribution in [0.25, 0.3) is 10.2 Å². The van der Waals surface area contributed by atoms with Gasteiger partial charge in [0.15, 0.2) is 5.82 Å². The van der Waals surface area contributed by atoms with Crippen LogP contribution in [0.15, 0.2) is 28.7 Å². The van der Waals surface area contributed by atoms with Crippen LogP contribution in [0.2, 0.25) is 0 Å². The summed E-state index contributed by atoms with van der Waals surface area (Å²) in [6, 6.07) is 6.87. The SMILES string of the molecule is COC(=O)c1sc2c(c(N)nn2C)c1NC(=O)c1ccc(Br)cc1. The van der Waals surface area contributed by atoms with Crippen LogP contribution in [0, 0.1) is 0 Å². The van der Waals surface area contributed by atoms with Crippen molar-refractivity contribution in [3.8, 4) is 0 Å². The summed E-state index contributed by atoms with van der Waals surface area (Å²) in [4.78, 5) is 25.5. The van der Waals surface area contributed by atoms with Crippen LogP contribution in [0.1, 0.15) is 20.0 Å². The third-order valence-corrected chi connectivity index (χ3v) is 5.18. The van der Waals surface area contributed by atoms with Crippen molar-refractivity contribution in [3.63, 3.8) is 0 Å². The lowest BCUT2D eigenvalue weighted by molar-refractivity contribution is 0.0607. The van der Waals surface area contributed by atoms with Gasteiger partial charge in [0.1, 0.15) is 9.71 Å². The molecule has 0 fully saturated rings. The molecule has 2 aromatic heterocycles. The first-order valence-corrected chi connectivity index (χ1v) is 8.43. The molecular weight excluding hydrogens is 396 g/mol. The van der Waals surface area contributed by atoms with Gasteiger partial charge in [0.05, 0.1) is 18.2 Å². The number of carbonyl (C=O) groups excluding carboxylic acids is 2. The zero-order valence-electron chi connectivity index (χ0n) is 12.8. The average molecular weight is 409 g/mol. The maximum Gasteiger partial charge on any atom is 0.350 e. The zero-order chi connectivity index (χ0) is 17.4. The molecule has 0 bridgehead atoms. The van der Waals surface area contributed by atoms with Crippen molar-refractivity contribution < 1.29 is 14.3 Å². The summed E-state index contributed by atoms with van der Waals surface area (Å²) >= 11 is 4.49. The third-order valence-electron chi connectivity index (χ3n) is 3.41. The van der Waals surface area contributed by atoms with Gasteiger partial charge in [-0.25, -0.2) is 4.79 Å². The highest BCUT2D eigenvalue weighted by Gasteiger charge is 2.25. The fourth-order valence-electron chi connectivity index (χ4n) is 2.28. The molecule has 0 aliphatic heterocycles. The van der Waals surface area contributed by atoms with Crippen molar-refractivity contribution in [1.29, 1.82) is 0 Å². The fourth-order valence-corrected chi connectivity index (χ4v) is 3.65. The van der Waals surface area contributed by atoms with E-state index in [1.165, 1.54) is 18.4 Å². The van der Waals surface area contributed by atoms with E-state index < -0.39 is 5.97 Å². The molecule has 0 radical (unpaired) electrons. The molecule has 0 saturated carbocycles. The molecule has 0 aliphatic rings. The van der Waals surface area contributed by atoms with Crippen molar-refractivity contribution in [2.75, 3.05) is 18.2 Å². The molecule has 3 aromatic rings. The minimum absolute atomic E-state index is 0.241. The van der Waals surface area contributed by atoms with Gasteiger partial charge in [-0.05, 0) is 24.3 Å². The molecule has 24 heavy (non-hydrogen) atoms. The highest BCUT2D eigenvalue weighted by atomic mass is 79.9.